The molecule has 3 heterocycles. The van der Waals surface area contributed by atoms with E-state index in [-0.39, 0.29) is 31.5 Å². The van der Waals surface area contributed by atoms with Gasteiger partial charge in [0.1, 0.15) is 5.82 Å². The average molecular weight is 489 g/mol. The molecule has 1 aliphatic rings. The molecule has 2 aromatic heterocycles. The number of benzene rings is 2. The highest BCUT2D eigenvalue weighted by atomic mass is 19.1. The Morgan fingerprint density at radius 2 is 2.06 bits per heavy atom. The van der Waals surface area contributed by atoms with Gasteiger partial charge >= 0.3 is 0 Å². The number of aryl methyl sites for hydroxylation is 1. The first-order chi connectivity index (χ1) is 17.4. The number of amides is 1. The number of hydrogen-bond donors (Lipinski definition) is 3. The van der Waals surface area contributed by atoms with Crippen molar-refractivity contribution in [1.29, 1.82) is 0 Å². The number of aliphatic hydroxyl groups excluding tert-OH is 1. The van der Waals surface area contributed by atoms with Crippen LogP contribution in [0.3, 0.4) is 0 Å². The molecule has 0 saturated heterocycles. The Bertz CT molecular complexity index is 1450. The van der Waals surface area contributed by atoms with Crippen molar-refractivity contribution >= 4 is 28.3 Å². The van der Waals surface area contributed by atoms with Gasteiger partial charge in [-0.2, -0.15) is 0 Å². The number of aliphatic hydroxyl groups is 1. The number of hydrazine groups is 2. The van der Waals surface area contributed by atoms with Gasteiger partial charge in [0.15, 0.2) is 5.82 Å². The van der Waals surface area contributed by atoms with Crippen molar-refractivity contribution in [3.05, 3.63) is 83.3 Å². The van der Waals surface area contributed by atoms with E-state index in [1.54, 1.807) is 23.3 Å². The molecule has 0 radical (unpaired) electrons. The lowest BCUT2D eigenvalue weighted by molar-refractivity contribution is 0.0168. The van der Waals surface area contributed by atoms with Crippen LogP contribution in [0.25, 0.3) is 22.2 Å². The Labute approximate surface area is 207 Å². The lowest BCUT2D eigenvalue weighted by Crippen LogP contribution is -2.42. The van der Waals surface area contributed by atoms with E-state index in [1.807, 2.05) is 55.4 Å². The van der Waals surface area contributed by atoms with E-state index < -0.39 is 0 Å². The van der Waals surface area contributed by atoms with Gasteiger partial charge in [-0.15, -0.1) is 5.53 Å². The number of nitrogens with one attached hydrogen (secondary N) is 2. The van der Waals surface area contributed by atoms with Crippen LogP contribution in [0, 0.1) is 12.7 Å². The number of pyridine rings is 2. The molecular formula is C26H25FN6O3. The van der Waals surface area contributed by atoms with Crippen molar-refractivity contribution in [2.24, 2.45) is 0 Å². The first kappa shape index (κ1) is 23.6. The van der Waals surface area contributed by atoms with Crippen molar-refractivity contribution in [2.75, 3.05) is 30.3 Å². The smallest absolute Gasteiger partial charge is 0.275 e. The number of carbonyl (C=O) groups excluding carboxylic acids is 1. The number of nitrogens with zero attached hydrogens (tertiary/aromatic N) is 4. The summed E-state index contributed by atoms with van der Waals surface area (Å²) < 4.78 is 14.9. The molecule has 2 aromatic carbocycles. The molecule has 0 saturated carbocycles. The number of fused-ring (bicyclic) bond motifs is 2. The van der Waals surface area contributed by atoms with Crippen LogP contribution in [0.15, 0.2) is 60.8 Å². The topological polar surface area (TPSA) is 103 Å². The molecule has 0 fully saturated rings. The van der Waals surface area contributed by atoms with Gasteiger partial charge in [-0.3, -0.25) is 24.6 Å². The standard InChI is InChI=1S/C26H25FN6O3/c1-16-12-18(5-6-20(16)26(35)30-36-11-10-34)22-7-8-24-25(29-22)33(31-32(24)2)15-19-13-17-4-3-9-28-23(17)14-21(19)27/h3-9,12-14,31,34H,10-11,15H2,1-2H3,(H,30,35). The molecule has 0 atom stereocenters. The molecule has 36 heavy (non-hydrogen) atoms. The molecule has 4 aromatic rings. The van der Waals surface area contributed by atoms with Crippen LogP contribution < -0.4 is 21.0 Å². The lowest BCUT2D eigenvalue weighted by Gasteiger charge is -2.20. The zero-order valence-corrected chi connectivity index (χ0v) is 19.8. The number of carbonyl (C=O) groups is 1. The van der Waals surface area contributed by atoms with E-state index in [0.717, 1.165) is 22.2 Å². The summed E-state index contributed by atoms with van der Waals surface area (Å²) in [4.78, 5) is 26.3. The number of hydroxylamine groups is 1. The van der Waals surface area contributed by atoms with E-state index in [2.05, 4.69) is 16.0 Å². The highest BCUT2D eigenvalue weighted by molar-refractivity contribution is 5.95. The van der Waals surface area contributed by atoms with Crippen LogP contribution in [-0.2, 0) is 11.4 Å². The van der Waals surface area contributed by atoms with Crippen LogP contribution >= 0.6 is 0 Å². The van der Waals surface area contributed by atoms with Crippen LogP contribution in [0.1, 0.15) is 21.5 Å². The summed E-state index contributed by atoms with van der Waals surface area (Å²) in [5.41, 5.74) is 10.3. The van der Waals surface area contributed by atoms with Gasteiger partial charge < -0.3 is 5.11 Å². The van der Waals surface area contributed by atoms with Gasteiger partial charge in [0, 0.05) is 41.4 Å². The normalized spacial score (nSPS) is 12.8. The third-order valence-electron chi connectivity index (χ3n) is 5.97. The van der Waals surface area contributed by atoms with Gasteiger partial charge in [0.25, 0.3) is 5.91 Å². The number of aromatic nitrogens is 2. The Balaban J connectivity index is 1.42. The van der Waals surface area contributed by atoms with E-state index in [9.17, 15) is 9.18 Å². The number of rotatable bonds is 7. The monoisotopic (exact) mass is 488 g/mol. The minimum atomic E-state index is -0.390. The zero-order chi connectivity index (χ0) is 25.2. The van der Waals surface area contributed by atoms with E-state index in [0.29, 0.717) is 28.2 Å². The molecule has 10 heteroatoms. The SMILES string of the molecule is Cc1cc(-c2ccc3c(n2)N(Cc2cc4cccnc4cc2F)NN3C)ccc1C(=O)NOCCO. The maximum Gasteiger partial charge on any atom is 0.275 e. The fourth-order valence-electron chi connectivity index (χ4n) is 4.18. The van der Waals surface area contributed by atoms with Crippen molar-refractivity contribution in [3.8, 4) is 11.3 Å². The molecule has 0 bridgehead atoms. The highest BCUT2D eigenvalue weighted by Crippen LogP contribution is 2.35. The molecule has 184 valence electrons. The predicted octanol–water partition coefficient (Wildman–Crippen LogP) is 3.27. The Kier molecular flexibility index (Phi) is 6.47. The van der Waals surface area contributed by atoms with Crippen LogP contribution in [0.2, 0.25) is 0 Å². The summed E-state index contributed by atoms with van der Waals surface area (Å²) in [5.74, 6) is -0.0562. The third kappa shape index (κ3) is 4.57. The van der Waals surface area contributed by atoms with Crippen LogP contribution in [-0.4, -0.2) is 41.2 Å². The van der Waals surface area contributed by atoms with Crippen molar-refractivity contribution in [1.82, 2.24) is 21.0 Å². The van der Waals surface area contributed by atoms with Crippen LogP contribution in [0.5, 0.6) is 0 Å². The maximum atomic E-state index is 14.9. The van der Waals surface area contributed by atoms with Crippen LogP contribution in [0.4, 0.5) is 15.9 Å². The summed E-state index contributed by atoms with van der Waals surface area (Å²) in [6, 6.07) is 16.2. The molecular weight excluding hydrogens is 463 g/mol. The molecule has 1 aliphatic heterocycles. The fraction of sp³-hybridized carbons (Fsp3) is 0.192. The second kappa shape index (κ2) is 9.86. The lowest BCUT2D eigenvalue weighted by atomic mass is 10.0. The zero-order valence-electron chi connectivity index (χ0n) is 19.8. The maximum absolute atomic E-state index is 14.9. The number of hydrogen-bond acceptors (Lipinski definition) is 8. The van der Waals surface area contributed by atoms with Crippen molar-refractivity contribution < 1.29 is 19.1 Å². The highest BCUT2D eigenvalue weighted by Gasteiger charge is 2.26. The van der Waals surface area contributed by atoms with Gasteiger partial charge in [0.05, 0.1) is 36.7 Å². The summed E-state index contributed by atoms with van der Waals surface area (Å²) >= 11 is 0. The van der Waals surface area contributed by atoms with Gasteiger partial charge in [-0.05, 0) is 48.9 Å². The van der Waals surface area contributed by atoms with Gasteiger partial charge in [-0.1, -0.05) is 12.1 Å². The largest absolute Gasteiger partial charge is 0.394 e. The Morgan fingerprint density at radius 1 is 1.19 bits per heavy atom. The quantitative estimate of drug-likeness (QED) is 0.269. The second-order valence-corrected chi connectivity index (χ2v) is 8.46. The van der Waals surface area contributed by atoms with E-state index in [4.69, 9.17) is 14.9 Å². The molecule has 9 nitrogen and oxygen atoms in total. The molecule has 1 amide bonds. The summed E-state index contributed by atoms with van der Waals surface area (Å²) in [7, 11) is 1.87. The summed E-state index contributed by atoms with van der Waals surface area (Å²) in [5, 5.41) is 13.3. The average Bonchev–Trinajstić information content (AvgIpc) is 3.18. The van der Waals surface area contributed by atoms with Gasteiger partial charge in [-0.25, -0.2) is 14.9 Å². The number of halogens is 1. The van der Waals surface area contributed by atoms with E-state index in [1.165, 1.54) is 6.07 Å². The second-order valence-electron chi connectivity index (χ2n) is 8.46. The van der Waals surface area contributed by atoms with Crippen molar-refractivity contribution in [2.45, 2.75) is 13.5 Å². The molecule has 3 N–H and O–H groups in total. The molecule has 0 spiro atoms. The summed E-state index contributed by atoms with van der Waals surface area (Å²) in [6.07, 6.45) is 1.64. The van der Waals surface area contributed by atoms with E-state index >= 15 is 0 Å². The first-order valence-corrected chi connectivity index (χ1v) is 11.4. The van der Waals surface area contributed by atoms with Crippen molar-refractivity contribution in [3.63, 3.8) is 0 Å². The molecule has 0 aliphatic carbocycles. The minimum Gasteiger partial charge on any atom is -0.394 e. The predicted molar refractivity (Wildman–Crippen MR) is 134 cm³/mol. The summed E-state index contributed by atoms with van der Waals surface area (Å²) in [6.45, 7) is 1.92. The molecule has 0 unspecified atom stereocenters. The third-order valence-corrected chi connectivity index (χ3v) is 5.97. The van der Waals surface area contributed by atoms with Gasteiger partial charge in [0.2, 0.25) is 0 Å². The number of anilines is 2. The Hall–Kier alpha value is -4.12. The minimum absolute atomic E-state index is 0.0148. The molecule has 5 rings (SSSR count). The fourth-order valence-corrected chi connectivity index (χ4v) is 4.18. The Morgan fingerprint density at radius 3 is 2.86 bits per heavy atom. The first-order valence-electron chi connectivity index (χ1n) is 11.4.